The van der Waals surface area contributed by atoms with Gasteiger partial charge in [-0.3, -0.25) is 9.36 Å². The van der Waals surface area contributed by atoms with E-state index >= 15 is 0 Å². The van der Waals surface area contributed by atoms with E-state index in [9.17, 15) is 4.79 Å². The van der Waals surface area contributed by atoms with Crippen LogP contribution in [0.2, 0.25) is 30.7 Å². The molecule has 11 heteroatoms. The average molecular weight is 621 g/mol. The van der Waals surface area contributed by atoms with E-state index in [0.29, 0.717) is 47.7 Å². The number of primary amides is 1. The number of rotatable bonds is 11. The van der Waals surface area contributed by atoms with Crippen LogP contribution in [0.5, 0.6) is 6.01 Å². The largest absolute Gasteiger partial charge is 0.456 e. The molecule has 2 aromatic heterocycles. The number of carbonyl (C=O) groups excluding carboxylic acids is 1. The summed E-state index contributed by atoms with van der Waals surface area (Å²) >= 11 is 6.84. The van der Waals surface area contributed by atoms with Gasteiger partial charge in [0.25, 0.3) is 0 Å². The summed E-state index contributed by atoms with van der Waals surface area (Å²) in [5.41, 5.74) is 10.4. The molecule has 2 aromatic carbocycles. The van der Waals surface area contributed by atoms with Crippen molar-refractivity contribution >= 4 is 36.7 Å². The Morgan fingerprint density at radius 2 is 1.70 bits per heavy atom. The minimum absolute atomic E-state index is 0.0869. The normalized spacial score (nSPS) is 21.8. The fourth-order valence-corrected chi connectivity index (χ4v) is 6.63. The van der Waals surface area contributed by atoms with E-state index in [0.717, 1.165) is 22.7 Å². The van der Waals surface area contributed by atoms with Gasteiger partial charge in [0, 0.05) is 32.6 Å². The minimum Gasteiger partial charge on any atom is -0.456 e. The molecule has 2 aliphatic heterocycles. The van der Waals surface area contributed by atoms with Gasteiger partial charge < -0.3 is 24.7 Å². The molecular formula is C32H37ClN4O5Si. The Morgan fingerprint density at radius 1 is 1.00 bits per heavy atom. The predicted octanol–water partition coefficient (Wildman–Crippen LogP) is 5.77. The van der Waals surface area contributed by atoms with E-state index in [4.69, 9.17) is 46.3 Å². The number of amides is 1. The third kappa shape index (κ3) is 6.63. The number of nitrogens with two attached hydrogens (primary N) is 1. The molecular weight excluding hydrogens is 584 g/mol. The zero-order chi connectivity index (χ0) is 30.1. The van der Waals surface area contributed by atoms with Crippen molar-refractivity contribution in [1.29, 1.82) is 0 Å². The first kappa shape index (κ1) is 29.8. The Bertz CT molecular complexity index is 1590. The Hall–Kier alpha value is -3.28. The number of fused-ring (bicyclic) bond motifs is 2. The van der Waals surface area contributed by atoms with Crippen molar-refractivity contribution in [3.63, 3.8) is 0 Å². The molecule has 4 atom stereocenters. The molecule has 0 saturated carbocycles. The zero-order valence-electron chi connectivity index (χ0n) is 24.7. The number of imidazole rings is 1. The van der Waals surface area contributed by atoms with Gasteiger partial charge >= 0.3 is 6.01 Å². The molecule has 4 aromatic rings. The summed E-state index contributed by atoms with van der Waals surface area (Å²) in [6.07, 6.45) is -0.752. The number of nitrogens with zero attached hydrogens (tertiary/aromatic N) is 3. The molecule has 2 fully saturated rings. The van der Waals surface area contributed by atoms with Crippen LogP contribution in [-0.2, 0) is 25.7 Å². The van der Waals surface area contributed by atoms with Gasteiger partial charge in [-0.25, -0.2) is 4.98 Å². The van der Waals surface area contributed by atoms with Gasteiger partial charge in [0.05, 0.1) is 35.6 Å². The Balaban J connectivity index is 1.28. The van der Waals surface area contributed by atoms with Gasteiger partial charge in [-0.05, 0) is 23.2 Å². The second-order valence-electron chi connectivity index (χ2n) is 12.5. The SMILES string of the molecule is C[Si](C)(C)CCOCn1c(O[C@@H]2CO[C@@H]3C(CC(N)=O)CO[C@@H]32)nc2nc(-c3ccc(-c4ccccc4)cc3)c(Cl)cc21. The summed E-state index contributed by atoms with van der Waals surface area (Å²) in [5.74, 6) is -0.455. The summed E-state index contributed by atoms with van der Waals surface area (Å²) in [4.78, 5) is 21.2. The van der Waals surface area contributed by atoms with Crippen LogP contribution in [-0.4, -0.2) is 66.6 Å². The highest BCUT2D eigenvalue weighted by Crippen LogP contribution is 2.37. The number of ether oxygens (including phenoxy) is 4. The molecule has 0 spiro atoms. The molecule has 4 heterocycles. The molecule has 226 valence electrons. The van der Waals surface area contributed by atoms with Crippen molar-refractivity contribution in [3.8, 4) is 28.4 Å². The Kier molecular flexibility index (Phi) is 8.57. The quantitative estimate of drug-likeness (QED) is 0.167. The monoisotopic (exact) mass is 620 g/mol. The molecule has 2 aliphatic rings. The third-order valence-electron chi connectivity index (χ3n) is 7.97. The lowest BCUT2D eigenvalue weighted by atomic mass is 9.97. The van der Waals surface area contributed by atoms with Gasteiger partial charge in [0.2, 0.25) is 5.91 Å². The van der Waals surface area contributed by atoms with Crippen molar-refractivity contribution in [3.05, 3.63) is 65.7 Å². The van der Waals surface area contributed by atoms with E-state index in [1.165, 1.54) is 0 Å². The van der Waals surface area contributed by atoms with Crippen LogP contribution in [0.3, 0.4) is 0 Å². The fraction of sp³-hybridized carbons (Fsp3) is 0.406. The molecule has 0 radical (unpaired) electrons. The molecule has 6 rings (SSSR count). The van der Waals surface area contributed by atoms with Gasteiger partial charge in [0.15, 0.2) is 11.8 Å². The number of hydrogen-bond acceptors (Lipinski definition) is 7. The lowest BCUT2D eigenvalue weighted by Crippen LogP contribution is -2.35. The third-order valence-corrected chi connectivity index (χ3v) is 9.96. The van der Waals surface area contributed by atoms with Crippen LogP contribution < -0.4 is 10.5 Å². The molecule has 2 N–H and O–H groups in total. The highest BCUT2D eigenvalue weighted by Gasteiger charge is 2.49. The topological polar surface area (TPSA) is 111 Å². The number of carbonyl (C=O) groups is 1. The number of aromatic nitrogens is 3. The van der Waals surface area contributed by atoms with E-state index in [1.807, 2.05) is 41.0 Å². The summed E-state index contributed by atoms with van der Waals surface area (Å²) in [7, 11) is -1.27. The van der Waals surface area contributed by atoms with E-state index in [2.05, 4.69) is 43.9 Å². The van der Waals surface area contributed by atoms with Gasteiger partial charge in [0.1, 0.15) is 12.8 Å². The molecule has 9 nitrogen and oxygen atoms in total. The molecule has 1 amide bonds. The lowest BCUT2D eigenvalue weighted by Gasteiger charge is -2.19. The standard InChI is InChI=1S/C32H37ClN4O5Si/c1-43(2,3)14-13-39-19-37-25-16-24(33)28(22-11-9-21(10-12-22)20-7-5-4-6-8-20)35-31(25)36-32(37)42-26-18-41-29-23(15-27(34)38)17-40-30(26)29/h4-12,16,23,26,29-30H,13-15,17-19H2,1-3H3,(H2,34,38)/t23?,26-,29-,30-/m1/s1. The second kappa shape index (κ2) is 12.4. The number of halogens is 1. The first-order chi connectivity index (χ1) is 20.7. The highest BCUT2D eigenvalue weighted by molar-refractivity contribution is 6.76. The smallest absolute Gasteiger partial charge is 0.301 e. The number of pyridine rings is 1. The van der Waals surface area contributed by atoms with Crippen molar-refractivity contribution in [2.45, 2.75) is 57.1 Å². The maximum absolute atomic E-state index is 11.5. The van der Waals surface area contributed by atoms with Crippen molar-refractivity contribution in [2.24, 2.45) is 11.7 Å². The first-order valence-corrected chi connectivity index (χ1v) is 18.7. The van der Waals surface area contributed by atoms with Crippen LogP contribution in [0.15, 0.2) is 60.7 Å². The van der Waals surface area contributed by atoms with Crippen LogP contribution in [0.1, 0.15) is 6.42 Å². The van der Waals surface area contributed by atoms with Crippen LogP contribution in [0, 0.1) is 5.92 Å². The summed E-state index contributed by atoms with van der Waals surface area (Å²) < 4.78 is 26.4. The lowest BCUT2D eigenvalue weighted by molar-refractivity contribution is -0.119. The van der Waals surface area contributed by atoms with E-state index < -0.39 is 14.2 Å². The summed E-state index contributed by atoms with van der Waals surface area (Å²) in [6.45, 7) is 8.55. The van der Waals surface area contributed by atoms with Gasteiger partial charge in [-0.15, -0.1) is 0 Å². The van der Waals surface area contributed by atoms with Crippen LogP contribution in [0.25, 0.3) is 33.5 Å². The zero-order valence-corrected chi connectivity index (χ0v) is 26.4. The highest BCUT2D eigenvalue weighted by atomic mass is 35.5. The predicted molar refractivity (Wildman–Crippen MR) is 169 cm³/mol. The molecule has 0 aliphatic carbocycles. The van der Waals surface area contributed by atoms with Crippen molar-refractivity contribution < 1.29 is 23.7 Å². The van der Waals surface area contributed by atoms with Gasteiger partial charge in [-0.1, -0.05) is 85.8 Å². The summed E-state index contributed by atoms with van der Waals surface area (Å²) in [5, 5.41) is 0.507. The van der Waals surface area contributed by atoms with E-state index in [1.54, 1.807) is 0 Å². The van der Waals surface area contributed by atoms with E-state index in [-0.39, 0.29) is 37.2 Å². The molecule has 2 saturated heterocycles. The van der Waals surface area contributed by atoms with Crippen LogP contribution in [0.4, 0.5) is 0 Å². The Morgan fingerprint density at radius 3 is 2.42 bits per heavy atom. The number of benzene rings is 2. The molecule has 1 unspecified atom stereocenters. The van der Waals surface area contributed by atoms with Crippen molar-refractivity contribution in [2.75, 3.05) is 19.8 Å². The summed E-state index contributed by atoms with van der Waals surface area (Å²) in [6, 6.07) is 21.7. The second-order valence-corrected chi connectivity index (χ2v) is 18.5. The Labute approximate surface area is 257 Å². The molecule has 43 heavy (non-hydrogen) atoms. The molecule has 0 bridgehead atoms. The maximum atomic E-state index is 11.5. The minimum atomic E-state index is -1.27. The number of hydrogen-bond donors (Lipinski definition) is 1. The van der Waals surface area contributed by atoms with Crippen LogP contribution >= 0.6 is 11.6 Å². The van der Waals surface area contributed by atoms with Gasteiger partial charge in [-0.2, -0.15) is 4.98 Å². The van der Waals surface area contributed by atoms with Crippen molar-refractivity contribution in [1.82, 2.24) is 14.5 Å². The fourth-order valence-electron chi connectivity index (χ4n) is 5.62. The average Bonchev–Trinajstić information content (AvgIpc) is 3.65. The maximum Gasteiger partial charge on any atom is 0.301 e. The first-order valence-electron chi connectivity index (χ1n) is 14.6.